The minimum absolute atomic E-state index is 0.0690. The average Bonchev–Trinajstić information content (AvgIpc) is 2.34. The van der Waals surface area contributed by atoms with E-state index in [-0.39, 0.29) is 12.0 Å². The topological polar surface area (TPSA) is 49.8 Å². The lowest BCUT2D eigenvalue weighted by molar-refractivity contribution is -0.120. The van der Waals surface area contributed by atoms with E-state index in [1.165, 1.54) is 12.7 Å². The van der Waals surface area contributed by atoms with E-state index < -0.39 is 0 Å². The zero-order valence-corrected chi connectivity index (χ0v) is 11.7. The first-order valence-corrected chi connectivity index (χ1v) is 6.95. The highest BCUT2D eigenvalue weighted by atomic mass is 16.5. The molecule has 0 saturated heterocycles. The molecule has 0 aliphatic heterocycles. The molecule has 1 aliphatic carbocycles. The van der Waals surface area contributed by atoms with Crippen LogP contribution >= 0.6 is 0 Å². The molecule has 1 fully saturated rings. The number of aliphatic hydroxyl groups excluding tert-OH is 1. The molecule has 2 unspecified atom stereocenters. The number of hydrogen-bond donors (Lipinski definition) is 1. The van der Waals surface area contributed by atoms with Crippen LogP contribution < -0.4 is 0 Å². The lowest BCUT2D eigenvalue weighted by Gasteiger charge is -2.38. The highest BCUT2D eigenvalue weighted by Gasteiger charge is 2.35. The van der Waals surface area contributed by atoms with E-state index in [4.69, 9.17) is 9.84 Å². The molecule has 1 saturated carbocycles. The fourth-order valence-corrected chi connectivity index (χ4v) is 2.99. The maximum absolute atomic E-state index is 11.4. The Morgan fingerprint density at radius 1 is 1.50 bits per heavy atom. The molecule has 1 N–H and O–H groups in total. The summed E-state index contributed by atoms with van der Waals surface area (Å²) in [5, 5.41) is 8.62. The zero-order valence-electron chi connectivity index (χ0n) is 11.7. The van der Waals surface area contributed by atoms with Crippen LogP contribution in [0.3, 0.4) is 0 Å². The summed E-state index contributed by atoms with van der Waals surface area (Å²) in [6.07, 6.45) is 5.61. The summed E-state index contributed by atoms with van der Waals surface area (Å²) < 4.78 is 5.25. The van der Waals surface area contributed by atoms with Crippen molar-refractivity contribution in [3.8, 4) is 0 Å². The SMILES string of the molecule is CC1CCCC(C=O)(CN(C)CCOCCO)C1. The molecular weight excluding hydrogens is 230 g/mol. The Hall–Kier alpha value is -0.450. The fraction of sp³-hybridized carbons (Fsp3) is 0.929. The third kappa shape index (κ3) is 5.04. The maximum Gasteiger partial charge on any atom is 0.127 e. The molecule has 0 heterocycles. The number of likely N-dealkylation sites (N-methyl/N-ethyl adjacent to an activating group) is 1. The van der Waals surface area contributed by atoms with Gasteiger partial charge in [-0.3, -0.25) is 0 Å². The molecule has 0 aromatic rings. The standard InChI is InChI=1S/C14H27NO3/c1-13-4-3-5-14(10-13,12-17)11-15(2)6-8-18-9-7-16/h12-13,16H,3-11H2,1-2H3. The monoisotopic (exact) mass is 257 g/mol. The molecule has 4 nitrogen and oxygen atoms in total. The molecule has 4 heteroatoms. The lowest BCUT2D eigenvalue weighted by Crippen LogP contribution is -2.41. The van der Waals surface area contributed by atoms with Gasteiger partial charge < -0.3 is 19.5 Å². The minimum atomic E-state index is -0.149. The summed E-state index contributed by atoms with van der Waals surface area (Å²) in [4.78, 5) is 13.6. The molecule has 0 radical (unpaired) electrons. The van der Waals surface area contributed by atoms with Crippen molar-refractivity contribution >= 4 is 6.29 Å². The average molecular weight is 257 g/mol. The highest BCUT2D eigenvalue weighted by Crippen LogP contribution is 2.38. The zero-order chi connectivity index (χ0) is 13.4. The molecule has 18 heavy (non-hydrogen) atoms. The summed E-state index contributed by atoms with van der Waals surface area (Å²) >= 11 is 0. The largest absolute Gasteiger partial charge is 0.394 e. The van der Waals surface area contributed by atoms with Gasteiger partial charge in [-0.1, -0.05) is 19.8 Å². The number of hydrogen-bond acceptors (Lipinski definition) is 4. The van der Waals surface area contributed by atoms with Gasteiger partial charge in [-0.05, 0) is 25.8 Å². The van der Waals surface area contributed by atoms with E-state index in [2.05, 4.69) is 11.8 Å². The van der Waals surface area contributed by atoms with Gasteiger partial charge in [0.05, 0.1) is 19.8 Å². The van der Waals surface area contributed by atoms with Crippen LogP contribution in [0.15, 0.2) is 0 Å². The van der Waals surface area contributed by atoms with E-state index in [1.54, 1.807) is 0 Å². The summed E-state index contributed by atoms with van der Waals surface area (Å²) in [5.41, 5.74) is -0.149. The smallest absolute Gasteiger partial charge is 0.127 e. The van der Waals surface area contributed by atoms with Crippen molar-refractivity contribution in [2.45, 2.75) is 32.6 Å². The molecule has 0 aromatic carbocycles. The van der Waals surface area contributed by atoms with Gasteiger partial charge in [-0.2, -0.15) is 0 Å². The Bertz CT molecular complexity index is 247. The van der Waals surface area contributed by atoms with Gasteiger partial charge in [0.25, 0.3) is 0 Å². The Labute approximate surface area is 110 Å². The molecule has 1 rings (SSSR count). The number of ether oxygens (including phenoxy) is 1. The van der Waals surface area contributed by atoms with Crippen LogP contribution in [0.1, 0.15) is 32.6 Å². The van der Waals surface area contributed by atoms with E-state index in [0.29, 0.717) is 19.1 Å². The van der Waals surface area contributed by atoms with Gasteiger partial charge >= 0.3 is 0 Å². The quantitative estimate of drug-likeness (QED) is 0.526. The van der Waals surface area contributed by atoms with Crippen molar-refractivity contribution in [2.24, 2.45) is 11.3 Å². The Morgan fingerprint density at radius 3 is 2.89 bits per heavy atom. The molecule has 0 bridgehead atoms. The number of carbonyl (C=O) groups is 1. The van der Waals surface area contributed by atoms with Crippen LogP contribution in [0.5, 0.6) is 0 Å². The molecule has 0 aromatic heterocycles. The van der Waals surface area contributed by atoms with Gasteiger partial charge in [0, 0.05) is 18.5 Å². The molecule has 0 amide bonds. The third-order valence-corrected chi connectivity index (χ3v) is 3.81. The van der Waals surface area contributed by atoms with Crippen LogP contribution in [0.4, 0.5) is 0 Å². The highest BCUT2D eigenvalue weighted by molar-refractivity contribution is 5.60. The van der Waals surface area contributed by atoms with Gasteiger partial charge in [-0.25, -0.2) is 0 Å². The fourth-order valence-electron chi connectivity index (χ4n) is 2.99. The normalized spacial score (nSPS) is 28.6. The van der Waals surface area contributed by atoms with E-state index in [0.717, 1.165) is 32.4 Å². The van der Waals surface area contributed by atoms with E-state index >= 15 is 0 Å². The van der Waals surface area contributed by atoms with Crippen molar-refractivity contribution in [1.82, 2.24) is 4.90 Å². The van der Waals surface area contributed by atoms with Crippen LogP contribution in [0.25, 0.3) is 0 Å². The number of aldehydes is 1. The number of carbonyl (C=O) groups excluding carboxylic acids is 1. The molecule has 1 aliphatic rings. The predicted molar refractivity (Wildman–Crippen MR) is 71.5 cm³/mol. The number of rotatable bonds is 8. The van der Waals surface area contributed by atoms with Gasteiger partial charge in [-0.15, -0.1) is 0 Å². The molecule has 0 spiro atoms. The summed E-state index contributed by atoms with van der Waals surface area (Å²) in [7, 11) is 2.03. The van der Waals surface area contributed by atoms with Crippen LogP contribution in [-0.4, -0.2) is 56.3 Å². The van der Waals surface area contributed by atoms with E-state index in [1.807, 2.05) is 7.05 Å². The second-order valence-electron chi connectivity index (χ2n) is 5.76. The van der Waals surface area contributed by atoms with Crippen molar-refractivity contribution in [1.29, 1.82) is 0 Å². The van der Waals surface area contributed by atoms with E-state index in [9.17, 15) is 4.79 Å². The van der Waals surface area contributed by atoms with Crippen molar-refractivity contribution < 1.29 is 14.6 Å². The Morgan fingerprint density at radius 2 is 2.28 bits per heavy atom. The van der Waals surface area contributed by atoms with Gasteiger partial charge in [0.1, 0.15) is 6.29 Å². The van der Waals surface area contributed by atoms with Gasteiger partial charge in [0.15, 0.2) is 0 Å². The first kappa shape index (κ1) is 15.6. The minimum Gasteiger partial charge on any atom is -0.394 e. The van der Waals surface area contributed by atoms with Crippen molar-refractivity contribution in [2.75, 3.05) is 40.0 Å². The maximum atomic E-state index is 11.4. The number of nitrogens with zero attached hydrogens (tertiary/aromatic N) is 1. The van der Waals surface area contributed by atoms with Gasteiger partial charge in [0.2, 0.25) is 0 Å². The summed E-state index contributed by atoms with van der Waals surface area (Å²) in [5.74, 6) is 0.656. The second-order valence-corrected chi connectivity index (χ2v) is 5.76. The Kier molecular flexibility index (Phi) is 6.82. The van der Waals surface area contributed by atoms with Crippen molar-refractivity contribution in [3.05, 3.63) is 0 Å². The van der Waals surface area contributed by atoms with Crippen LogP contribution in [0.2, 0.25) is 0 Å². The Balaban J connectivity index is 2.34. The first-order chi connectivity index (χ1) is 8.62. The molecule has 106 valence electrons. The van der Waals surface area contributed by atoms with Crippen molar-refractivity contribution in [3.63, 3.8) is 0 Å². The van der Waals surface area contributed by atoms with Crippen LogP contribution in [0, 0.1) is 11.3 Å². The molecule has 2 atom stereocenters. The summed E-state index contributed by atoms with van der Waals surface area (Å²) in [6, 6.07) is 0. The molecular formula is C14H27NO3. The second kappa shape index (κ2) is 7.87. The lowest BCUT2D eigenvalue weighted by atomic mass is 9.71. The van der Waals surface area contributed by atoms with Crippen LogP contribution in [-0.2, 0) is 9.53 Å². The number of aliphatic hydroxyl groups is 1. The predicted octanol–water partition coefficient (Wildman–Crippen LogP) is 1.32. The summed E-state index contributed by atoms with van der Waals surface area (Å²) in [6.45, 7) is 4.94. The first-order valence-electron chi connectivity index (χ1n) is 6.95. The third-order valence-electron chi connectivity index (χ3n) is 3.81.